The molecule has 0 aliphatic carbocycles. The number of allylic oxidation sites excluding steroid dienone is 1. The summed E-state index contributed by atoms with van der Waals surface area (Å²) in [6.07, 6.45) is 2.70. The summed E-state index contributed by atoms with van der Waals surface area (Å²) in [6.45, 7) is 0.0231. The van der Waals surface area contributed by atoms with Gasteiger partial charge < -0.3 is 25.9 Å². The van der Waals surface area contributed by atoms with Crippen LogP contribution in [-0.2, 0) is 26.3 Å². The lowest BCUT2D eigenvalue weighted by molar-refractivity contribution is -0.157. The molecular weight excluding hydrogens is 518 g/mol. The van der Waals surface area contributed by atoms with Crippen molar-refractivity contribution in [3.8, 4) is 0 Å². The fraction of sp³-hybridized carbons (Fsp3) is 0.444. The van der Waals surface area contributed by atoms with Crippen LogP contribution in [0.15, 0.2) is 21.8 Å². The van der Waals surface area contributed by atoms with Crippen LogP contribution < -0.4 is 11.1 Å². The highest BCUT2D eigenvalue weighted by Gasteiger charge is 2.57. The number of carboxylic acid groups (broad SMARTS) is 1. The lowest BCUT2D eigenvalue weighted by Crippen LogP contribution is -2.74. The average molecular weight is 540 g/mol. The lowest BCUT2D eigenvalue weighted by atomic mass is 9.89. The van der Waals surface area contributed by atoms with Gasteiger partial charge in [0.1, 0.15) is 23.9 Å². The first-order valence-electron chi connectivity index (χ1n) is 10.1. The van der Waals surface area contributed by atoms with Crippen LogP contribution in [0.1, 0.15) is 5.69 Å². The van der Waals surface area contributed by atoms with Gasteiger partial charge in [0, 0.05) is 30.5 Å². The van der Waals surface area contributed by atoms with Crippen LogP contribution in [-0.4, -0.2) is 95.8 Å². The zero-order valence-electron chi connectivity index (χ0n) is 18.5. The second-order valence-corrected chi connectivity index (χ2v) is 10.6. The molecule has 0 bridgehead atoms. The topological polar surface area (TPSA) is 191 Å². The molecule has 0 radical (unpaired) electrons. The normalized spacial score (nSPS) is 24.2. The third-order valence-electron chi connectivity index (χ3n) is 5.39. The van der Waals surface area contributed by atoms with Crippen molar-refractivity contribution in [2.45, 2.75) is 16.6 Å². The number of aromatic nitrogens is 5. The fourth-order valence-electron chi connectivity index (χ4n) is 3.53. The molecule has 2 unspecified atom stereocenters. The number of nitrogens with one attached hydrogen (secondary N) is 1. The fourth-order valence-corrected chi connectivity index (χ4v) is 6.80. The highest BCUT2D eigenvalue weighted by atomic mass is 32.2. The van der Waals surface area contributed by atoms with E-state index in [1.807, 2.05) is 0 Å². The van der Waals surface area contributed by atoms with Gasteiger partial charge in [-0.1, -0.05) is 16.9 Å². The Bertz CT molecular complexity index is 1200. The largest absolute Gasteiger partial charge is 0.481 e. The Morgan fingerprint density at radius 2 is 2.31 bits per heavy atom. The van der Waals surface area contributed by atoms with Crippen LogP contribution >= 0.6 is 34.9 Å². The number of carbonyl (C=O) groups excluding carboxylic acids is 2. The molecule has 2 aromatic heterocycles. The number of β-lactam (4-membered cyclic amide) rings is 1. The molecule has 0 aromatic carbocycles. The molecule has 186 valence electrons. The van der Waals surface area contributed by atoms with Crippen LogP contribution in [0.4, 0.5) is 5.13 Å². The SMILES string of the molecule is CON=CC=C(C(=O)NC1C(=O)N2CC(CSc3nnnn3C)(C(=O)O)CS[C@H]12)c1csc(N)n1. The lowest BCUT2D eigenvalue weighted by Gasteiger charge is -2.53. The molecule has 2 aromatic rings. The predicted octanol–water partition coefficient (Wildman–Crippen LogP) is -0.472. The van der Waals surface area contributed by atoms with E-state index in [-0.39, 0.29) is 40.0 Å². The van der Waals surface area contributed by atoms with Gasteiger partial charge in [-0.05, 0) is 16.5 Å². The third kappa shape index (κ3) is 4.96. The number of nitrogens with zero attached hydrogens (tertiary/aromatic N) is 7. The Hall–Kier alpha value is -3.18. The van der Waals surface area contributed by atoms with Crippen molar-refractivity contribution in [3.05, 3.63) is 17.2 Å². The molecule has 17 heteroatoms. The van der Waals surface area contributed by atoms with Gasteiger partial charge in [0.05, 0.1) is 17.5 Å². The molecular formula is C18H21N9O5S3. The molecule has 4 N–H and O–H groups in total. The minimum Gasteiger partial charge on any atom is -0.481 e. The number of tetrazole rings is 1. The molecule has 0 spiro atoms. The van der Waals surface area contributed by atoms with Gasteiger partial charge in [-0.3, -0.25) is 14.4 Å². The maximum atomic E-state index is 13.0. The van der Waals surface area contributed by atoms with Crippen molar-refractivity contribution in [1.82, 2.24) is 35.4 Å². The smallest absolute Gasteiger partial charge is 0.313 e. The first-order chi connectivity index (χ1) is 16.8. The van der Waals surface area contributed by atoms with E-state index in [1.54, 1.807) is 12.4 Å². The second-order valence-electron chi connectivity index (χ2n) is 7.67. The van der Waals surface area contributed by atoms with Gasteiger partial charge in [0.15, 0.2) is 5.13 Å². The molecule has 4 rings (SSSR count). The highest BCUT2D eigenvalue weighted by Crippen LogP contribution is 2.44. The number of hydrogen-bond acceptors (Lipinski definition) is 13. The van der Waals surface area contributed by atoms with Gasteiger partial charge >= 0.3 is 5.97 Å². The molecule has 2 saturated heterocycles. The van der Waals surface area contributed by atoms with E-state index in [4.69, 9.17) is 5.73 Å². The predicted molar refractivity (Wildman–Crippen MR) is 129 cm³/mol. The van der Waals surface area contributed by atoms with Gasteiger partial charge in [-0.15, -0.1) is 28.2 Å². The van der Waals surface area contributed by atoms with Gasteiger partial charge in [-0.25, -0.2) is 9.67 Å². The van der Waals surface area contributed by atoms with Crippen molar-refractivity contribution < 1.29 is 24.3 Å². The van der Waals surface area contributed by atoms with Crippen LogP contribution in [0.3, 0.4) is 0 Å². The number of nitrogen functional groups attached to an aromatic ring is 1. The number of fused-ring (bicyclic) bond motifs is 1. The number of oxime groups is 1. The average Bonchev–Trinajstić information content (AvgIpc) is 3.46. The molecule has 3 atom stereocenters. The maximum absolute atomic E-state index is 13.0. The van der Waals surface area contributed by atoms with E-state index in [1.165, 1.54) is 63.8 Å². The number of aliphatic carboxylic acids is 1. The molecule has 2 aliphatic heterocycles. The zero-order chi connectivity index (χ0) is 25.2. The standard InChI is InChI=1S/C18H21N9O5S3/c1-26-17(23-24-25-26)35-8-18(15(30)31)6-27-13(29)11(14(27)34-7-18)22-12(28)9(3-4-20-32-2)10-5-33-16(19)21-10/h3-5,11,14H,6-8H2,1-2H3,(H2,19,21)(H,22,28)(H,30,31)/t11?,14-,18?/m1/s1. The minimum absolute atomic E-state index is 0.0231. The Balaban J connectivity index is 1.44. The molecule has 0 saturated carbocycles. The maximum Gasteiger partial charge on any atom is 0.313 e. The van der Waals surface area contributed by atoms with E-state index in [0.29, 0.717) is 10.9 Å². The molecule has 35 heavy (non-hydrogen) atoms. The summed E-state index contributed by atoms with van der Waals surface area (Å²) in [5, 5.41) is 29.5. The summed E-state index contributed by atoms with van der Waals surface area (Å²) in [6, 6.07) is -0.798. The quantitative estimate of drug-likeness (QED) is 0.122. The zero-order valence-corrected chi connectivity index (χ0v) is 21.0. The summed E-state index contributed by atoms with van der Waals surface area (Å²) in [4.78, 5) is 48.4. The van der Waals surface area contributed by atoms with Crippen LogP contribution in [0, 0.1) is 5.41 Å². The summed E-state index contributed by atoms with van der Waals surface area (Å²) >= 11 is 3.71. The molecule has 2 fully saturated rings. The number of hydrogen-bond donors (Lipinski definition) is 3. The van der Waals surface area contributed by atoms with Gasteiger partial charge in [-0.2, -0.15) is 0 Å². The minimum atomic E-state index is -1.18. The number of carboxylic acids is 1. The number of rotatable bonds is 9. The molecule has 2 amide bonds. The number of thioether (sulfide) groups is 2. The molecule has 14 nitrogen and oxygen atoms in total. The first-order valence-corrected chi connectivity index (χ1v) is 13.0. The van der Waals surface area contributed by atoms with Crippen LogP contribution in [0.5, 0.6) is 0 Å². The summed E-state index contributed by atoms with van der Waals surface area (Å²) in [7, 11) is 3.03. The third-order valence-corrected chi connectivity index (χ3v) is 8.96. The Morgan fingerprint density at radius 1 is 1.51 bits per heavy atom. The monoisotopic (exact) mass is 539 g/mol. The first kappa shape index (κ1) is 24.9. The number of nitrogens with two attached hydrogens (primary N) is 1. The Kier molecular flexibility index (Phi) is 7.27. The van der Waals surface area contributed by atoms with Crippen molar-refractivity contribution in [1.29, 1.82) is 0 Å². The van der Waals surface area contributed by atoms with Crippen molar-refractivity contribution >= 4 is 69.6 Å². The summed E-state index contributed by atoms with van der Waals surface area (Å²) < 4.78 is 1.46. The highest BCUT2D eigenvalue weighted by molar-refractivity contribution is 8.00. The number of amides is 2. The second kappa shape index (κ2) is 10.2. The number of thiazole rings is 1. The van der Waals surface area contributed by atoms with Gasteiger partial charge in [0.2, 0.25) is 11.1 Å². The Morgan fingerprint density at radius 3 is 2.94 bits per heavy atom. The van der Waals surface area contributed by atoms with E-state index in [9.17, 15) is 19.5 Å². The van der Waals surface area contributed by atoms with E-state index in [2.05, 4.69) is 35.8 Å². The molecule has 4 heterocycles. The van der Waals surface area contributed by atoms with E-state index in [0.717, 1.165) is 0 Å². The summed E-state index contributed by atoms with van der Waals surface area (Å²) in [5.41, 5.74) is 5.03. The van der Waals surface area contributed by atoms with Crippen molar-refractivity contribution in [2.75, 3.05) is 30.9 Å². The van der Waals surface area contributed by atoms with Crippen molar-refractivity contribution in [2.24, 2.45) is 17.6 Å². The van der Waals surface area contributed by atoms with Crippen LogP contribution in [0.25, 0.3) is 5.57 Å². The van der Waals surface area contributed by atoms with Crippen molar-refractivity contribution in [3.63, 3.8) is 0 Å². The van der Waals surface area contributed by atoms with E-state index >= 15 is 0 Å². The number of anilines is 1. The Labute approximate surface area is 211 Å². The summed E-state index contributed by atoms with van der Waals surface area (Å²) in [5.74, 6) is -1.44. The van der Waals surface area contributed by atoms with E-state index < -0.39 is 23.3 Å². The molecule has 2 aliphatic rings. The number of carbonyl (C=O) groups is 3. The van der Waals surface area contributed by atoms with Gasteiger partial charge in [0.25, 0.3) is 5.91 Å². The van der Waals surface area contributed by atoms with Crippen LogP contribution in [0.2, 0.25) is 0 Å². The number of aryl methyl sites for hydroxylation is 1.